The maximum Gasteiger partial charge on any atom is 0.322 e. The molecule has 9 nitrogen and oxygen atoms in total. The molecule has 9 heteroatoms. The highest BCUT2D eigenvalue weighted by atomic mass is 16.5. The van der Waals surface area contributed by atoms with Crippen molar-refractivity contribution in [2.75, 3.05) is 43.1 Å². The summed E-state index contributed by atoms with van der Waals surface area (Å²) in [5, 5.41) is 14.2. The quantitative estimate of drug-likeness (QED) is 0.521. The number of hydrogen-bond donors (Lipinski definition) is 3. The molecule has 2 heterocycles. The lowest BCUT2D eigenvalue weighted by atomic mass is 10.1. The molecule has 1 aliphatic heterocycles. The average molecular weight is 433 g/mol. The van der Waals surface area contributed by atoms with Crippen LogP contribution >= 0.6 is 0 Å². The van der Waals surface area contributed by atoms with Gasteiger partial charge in [-0.2, -0.15) is 0 Å². The van der Waals surface area contributed by atoms with E-state index in [0.29, 0.717) is 17.2 Å². The SMILES string of the molecule is O=C(O)CNC(=O)c1ccc(-c2ccnc(Nc3ccc(N4CCOCC4)cc3)n2)cc1. The zero-order chi connectivity index (χ0) is 22.3. The van der Waals surface area contributed by atoms with Gasteiger partial charge in [0.25, 0.3) is 5.91 Å². The zero-order valence-corrected chi connectivity index (χ0v) is 17.3. The molecule has 0 aliphatic carbocycles. The van der Waals surface area contributed by atoms with E-state index in [9.17, 15) is 9.59 Å². The highest BCUT2D eigenvalue weighted by molar-refractivity contribution is 5.96. The maximum absolute atomic E-state index is 12.0. The second kappa shape index (κ2) is 9.88. The number of carbonyl (C=O) groups excluding carboxylic acids is 1. The van der Waals surface area contributed by atoms with Crippen molar-refractivity contribution < 1.29 is 19.4 Å². The second-order valence-electron chi connectivity index (χ2n) is 7.19. The lowest BCUT2D eigenvalue weighted by molar-refractivity contribution is -0.135. The van der Waals surface area contributed by atoms with Crippen LogP contribution in [0.3, 0.4) is 0 Å². The van der Waals surface area contributed by atoms with Crippen LogP contribution in [-0.4, -0.2) is 59.8 Å². The van der Waals surface area contributed by atoms with Crippen LogP contribution in [0.1, 0.15) is 10.4 Å². The molecule has 32 heavy (non-hydrogen) atoms. The number of benzene rings is 2. The Bertz CT molecular complexity index is 1080. The number of amides is 1. The van der Waals surface area contributed by atoms with Gasteiger partial charge in [0.2, 0.25) is 5.95 Å². The van der Waals surface area contributed by atoms with Crippen molar-refractivity contribution in [1.29, 1.82) is 0 Å². The number of nitrogens with one attached hydrogen (secondary N) is 2. The average Bonchev–Trinajstić information content (AvgIpc) is 2.84. The molecule has 1 saturated heterocycles. The van der Waals surface area contributed by atoms with E-state index in [2.05, 4.69) is 37.6 Å². The maximum atomic E-state index is 12.0. The molecule has 4 rings (SSSR count). The molecule has 0 spiro atoms. The van der Waals surface area contributed by atoms with Gasteiger partial charge < -0.3 is 25.4 Å². The van der Waals surface area contributed by atoms with Crippen LogP contribution in [-0.2, 0) is 9.53 Å². The highest BCUT2D eigenvalue weighted by Gasteiger charge is 2.11. The molecule has 0 unspecified atom stereocenters. The van der Waals surface area contributed by atoms with E-state index in [-0.39, 0.29) is 0 Å². The summed E-state index contributed by atoms with van der Waals surface area (Å²) in [6.45, 7) is 2.84. The summed E-state index contributed by atoms with van der Waals surface area (Å²) in [6, 6.07) is 16.7. The van der Waals surface area contributed by atoms with Crippen molar-refractivity contribution in [2.24, 2.45) is 0 Å². The van der Waals surface area contributed by atoms with Crippen LogP contribution < -0.4 is 15.5 Å². The van der Waals surface area contributed by atoms with E-state index < -0.39 is 18.4 Å². The Morgan fingerprint density at radius 2 is 1.72 bits per heavy atom. The predicted octanol–water partition coefficient (Wildman–Crippen LogP) is 2.54. The Morgan fingerprint density at radius 3 is 2.41 bits per heavy atom. The number of hydrogen-bond acceptors (Lipinski definition) is 7. The normalized spacial score (nSPS) is 13.4. The van der Waals surface area contributed by atoms with Gasteiger partial charge in [-0.05, 0) is 42.5 Å². The number of carboxylic acid groups (broad SMARTS) is 1. The first kappa shape index (κ1) is 21.3. The minimum Gasteiger partial charge on any atom is -0.480 e. The van der Waals surface area contributed by atoms with E-state index >= 15 is 0 Å². The van der Waals surface area contributed by atoms with E-state index in [4.69, 9.17) is 9.84 Å². The Labute approximate surface area is 185 Å². The summed E-state index contributed by atoms with van der Waals surface area (Å²) in [7, 11) is 0. The number of carboxylic acids is 1. The summed E-state index contributed by atoms with van der Waals surface area (Å²) in [6.07, 6.45) is 1.67. The number of aliphatic carboxylic acids is 1. The largest absolute Gasteiger partial charge is 0.480 e. The Hall–Kier alpha value is -3.98. The number of carbonyl (C=O) groups is 2. The smallest absolute Gasteiger partial charge is 0.322 e. The molecule has 3 aromatic rings. The molecule has 0 atom stereocenters. The summed E-state index contributed by atoms with van der Waals surface area (Å²) in [5.74, 6) is -1.07. The topological polar surface area (TPSA) is 117 Å². The fourth-order valence-electron chi connectivity index (χ4n) is 3.34. The van der Waals surface area contributed by atoms with Crippen molar-refractivity contribution in [3.05, 3.63) is 66.4 Å². The number of nitrogens with zero attached hydrogens (tertiary/aromatic N) is 3. The van der Waals surface area contributed by atoms with Crippen molar-refractivity contribution >= 4 is 29.2 Å². The van der Waals surface area contributed by atoms with Crippen molar-refractivity contribution in [2.45, 2.75) is 0 Å². The highest BCUT2D eigenvalue weighted by Crippen LogP contribution is 2.23. The van der Waals surface area contributed by atoms with Crippen LogP contribution in [0.15, 0.2) is 60.8 Å². The third-order valence-corrected chi connectivity index (χ3v) is 5.00. The molecule has 0 radical (unpaired) electrons. The van der Waals surface area contributed by atoms with Crippen molar-refractivity contribution in [3.8, 4) is 11.3 Å². The van der Waals surface area contributed by atoms with Crippen LogP contribution in [0.25, 0.3) is 11.3 Å². The fraction of sp³-hybridized carbons (Fsp3) is 0.217. The van der Waals surface area contributed by atoms with E-state index in [1.54, 1.807) is 36.5 Å². The summed E-state index contributed by atoms with van der Waals surface area (Å²) >= 11 is 0. The lowest BCUT2D eigenvalue weighted by Crippen LogP contribution is -2.36. The molecule has 1 aromatic heterocycles. The minimum atomic E-state index is -1.09. The van der Waals surface area contributed by atoms with Gasteiger partial charge in [0.05, 0.1) is 18.9 Å². The zero-order valence-electron chi connectivity index (χ0n) is 17.3. The lowest BCUT2D eigenvalue weighted by Gasteiger charge is -2.28. The first-order valence-electron chi connectivity index (χ1n) is 10.2. The second-order valence-corrected chi connectivity index (χ2v) is 7.19. The van der Waals surface area contributed by atoms with Gasteiger partial charge in [-0.1, -0.05) is 12.1 Å². The molecule has 2 aromatic carbocycles. The third-order valence-electron chi connectivity index (χ3n) is 5.00. The van der Waals surface area contributed by atoms with Gasteiger partial charge in [0, 0.05) is 41.8 Å². The number of morpholine rings is 1. The molecule has 1 fully saturated rings. The van der Waals surface area contributed by atoms with Crippen LogP contribution in [0.5, 0.6) is 0 Å². The molecule has 1 aliphatic rings. The van der Waals surface area contributed by atoms with Gasteiger partial charge in [-0.3, -0.25) is 9.59 Å². The molecule has 1 amide bonds. The Balaban J connectivity index is 1.42. The minimum absolute atomic E-state index is 0.378. The monoisotopic (exact) mass is 433 g/mol. The molecule has 3 N–H and O–H groups in total. The molecular weight excluding hydrogens is 410 g/mol. The first-order valence-corrected chi connectivity index (χ1v) is 10.2. The van der Waals surface area contributed by atoms with Gasteiger partial charge in [-0.25, -0.2) is 9.97 Å². The summed E-state index contributed by atoms with van der Waals surface area (Å²) in [4.78, 5) is 33.7. The van der Waals surface area contributed by atoms with Crippen LogP contribution in [0, 0.1) is 0 Å². The van der Waals surface area contributed by atoms with Crippen LogP contribution in [0.2, 0.25) is 0 Å². The molecule has 0 bridgehead atoms. The molecular formula is C23H23N5O4. The number of rotatable bonds is 7. The molecule has 164 valence electrons. The van der Waals surface area contributed by atoms with Gasteiger partial charge in [0.1, 0.15) is 6.54 Å². The van der Waals surface area contributed by atoms with Gasteiger partial charge in [-0.15, -0.1) is 0 Å². The van der Waals surface area contributed by atoms with Gasteiger partial charge >= 0.3 is 5.97 Å². The number of ether oxygens (including phenoxy) is 1. The standard InChI is InChI=1S/C23H23N5O4/c29-21(30)15-25-22(31)17-3-1-16(2-4-17)20-9-10-24-23(27-20)26-18-5-7-19(8-6-18)28-11-13-32-14-12-28/h1-10H,11-15H2,(H,25,31)(H,29,30)(H,24,26,27). The first-order chi connectivity index (χ1) is 15.6. The number of anilines is 3. The molecule has 0 saturated carbocycles. The summed E-state index contributed by atoms with van der Waals surface area (Å²) in [5.41, 5.74) is 3.92. The Morgan fingerprint density at radius 1 is 1.00 bits per heavy atom. The predicted molar refractivity (Wildman–Crippen MR) is 120 cm³/mol. The fourth-order valence-corrected chi connectivity index (χ4v) is 3.34. The van der Waals surface area contributed by atoms with E-state index in [1.807, 2.05) is 12.1 Å². The van der Waals surface area contributed by atoms with E-state index in [1.165, 1.54) is 0 Å². The Kier molecular flexibility index (Phi) is 6.57. The van der Waals surface area contributed by atoms with Crippen LogP contribution in [0.4, 0.5) is 17.3 Å². The number of aromatic nitrogens is 2. The van der Waals surface area contributed by atoms with Gasteiger partial charge in [0.15, 0.2) is 0 Å². The van der Waals surface area contributed by atoms with Crippen molar-refractivity contribution in [3.63, 3.8) is 0 Å². The van der Waals surface area contributed by atoms with Crippen molar-refractivity contribution in [1.82, 2.24) is 15.3 Å². The summed E-state index contributed by atoms with van der Waals surface area (Å²) < 4.78 is 5.40. The third kappa shape index (κ3) is 5.38. The van der Waals surface area contributed by atoms with E-state index in [0.717, 1.165) is 43.2 Å².